The summed E-state index contributed by atoms with van der Waals surface area (Å²) in [6.07, 6.45) is -2.46. The average molecular weight is 497 g/mol. The van der Waals surface area contributed by atoms with Crippen molar-refractivity contribution in [1.82, 2.24) is 19.3 Å². The van der Waals surface area contributed by atoms with Crippen LogP contribution < -0.4 is 11.1 Å². The first-order chi connectivity index (χ1) is 15.6. The fourth-order valence-corrected chi connectivity index (χ4v) is 4.88. The van der Waals surface area contributed by atoms with Gasteiger partial charge in [-0.25, -0.2) is 23.5 Å². The Morgan fingerprint density at radius 3 is 2.73 bits per heavy atom. The lowest BCUT2D eigenvalue weighted by Gasteiger charge is -2.29. The first kappa shape index (κ1) is 23.4. The number of hydrogen-bond donors (Lipinski definition) is 2. The van der Waals surface area contributed by atoms with Gasteiger partial charge in [0.1, 0.15) is 21.8 Å². The van der Waals surface area contributed by atoms with E-state index < -0.39 is 28.8 Å². The number of anilines is 2. The Kier molecular flexibility index (Phi) is 6.55. The van der Waals surface area contributed by atoms with E-state index >= 15 is 0 Å². The van der Waals surface area contributed by atoms with Crippen LogP contribution in [0.4, 0.5) is 24.7 Å². The lowest BCUT2D eigenvalue weighted by atomic mass is 10.0. The number of hydrogen-bond acceptors (Lipinski definition) is 6. The smallest absolute Gasteiger partial charge is 0.399 e. The molecule has 0 spiro atoms. The minimum absolute atomic E-state index is 0.00755. The van der Waals surface area contributed by atoms with Gasteiger partial charge in [0.15, 0.2) is 0 Å². The summed E-state index contributed by atoms with van der Waals surface area (Å²) < 4.78 is 54.4. The summed E-state index contributed by atoms with van der Waals surface area (Å²) >= 11 is 6.10. The number of nitrogens with zero attached hydrogens (tertiary/aromatic N) is 4. The van der Waals surface area contributed by atoms with E-state index in [0.717, 1.165) is 12.1 Å². The number of nitrogen functional groups attached to an aromatic ring is 1. The second-order valence-corrected chi connectivity index (χ2v) is 9.32. The van der Waals surface area contributed by atoms with Crippen molar-refractivity contribution in [3.05, 3.63) is 70.3 Å². The van der Waals surface area contributed by atoms with Crippen LogP contribution in [0.5, 0.6) is 0 Å². The van der Waals surface area contributed by atoms with Crippen molar-refractivity contribution in [1.29, 1.82) is 0 Å². The molecule has 0 saturated carbocycles. The van der Waals surface area contributed by atoms with Gasteiger partial charge in [0.25, 0.3) is 0 Å². The molecule has 0 aliphatic carbocycles. The van der Waals surface area contributed by atoms with Gasteiger partial charge >= 0.3 is 6.18 Å². The number of halogens is 4. The van der Waals surface area contributed by atoms with Crippen molar-refractivity contribution in [3.8, 4) is 0 Å². The van der Waals surface area contributed by atoms with E-state index in [0.29, 0.717) is 40.6 Å². The van der Waals surface area contributed by atoms with Gasteiger partial charge in [0.05, 0.1) is 17.3 Å². The monoisotopic (exact) mass is 496 g/mol. The molecule has 1 aliphatic heterocycles. The summed E-state index contributed by atoms with van der Waals surface area (Å²) in [7, 11) is -1.49. The Balaban J connectivity index is 1.62. The normalized spacial score (nSPS) is 16.2. The number of nitrogens with one attached hydrogen (secondary N) is 1. The number of aromatic nitrogens is 3. The Morgan fingerprint density at radius 1 is 1.24 bits per heavy atom. The minimum Gasteiger partial charge on any atom is -0.399 e. The lowest BCUT2D eigenvalue weighted by Crippen LogP contribution is -2.34. The highest BCUT2D eigenvalue weighted by Crippen LogP contribution is 2.34. The van der Waals surface area contributed by atoms with Crippen LogP contribution in [-0.4, -0.2) is 30.0 Å². The molecule has 0 saturated heterocycles. The molecule has 7 nitrogen and oxygen atoms in total. The van der Waals surface area contributed by atoms with Gasteiger partial charge in [-0.1, -0.05) is 6.07 Å². The molecule has 12 heteroatoms. The molecule has 3 N–H and O–H groups in total. The first-order valence-corrected chi connectivity index (χ1v) is 11.5. The van der Waals surface area contributed by atoms with Crippen molar-refractivity contribution in [3.63, 3.8) is 0 Å². The Hall–Kier alpha value is -2.76. The van der Waals surface area contributed by atoms with E-state index in [1.54, 1.807) is 35.6 Å². The van der Waals surface area contributed by atoms with Crippen molar-refractivity contribution in [2.24, 2.45) is 0 Å². The summed E-state index contributed by atoms with van der Waals surface area (Å²) in [5.74, 6) is 0.371. The number of pyridine rings is 1. The van der Waals surface area contributed by atoms with Crippen LogP contribution >= 0.6 is 11.6 Å². The molecule has 1 unspecified atom stereocenters. The summed E-state index contributed by atoms with van der Waals surface area (Å²) in [5.41, 5.74) is 6.61. The molecule has 4 rings (SSSR count). The summed E-state index contributed by atoms with van der Waals surface area (Å²) in [6, 6.07) is 8.04. The third-order valence-corrected chi connectivity index (χ3v) is 6.76. The van der Waals surface area contributed by atoms with Crippen LogP contribution in [0.15, 0.2) is 47.6 Å². The lowest BCUT2D eigenvalue weighted by molar-refractivity contribution is -0.137. The molecule has 0 radical (unpaired) electrons. The van der Waals surface area contributed by atoms with Crippen LogP contribution in [-0.2, 0) is 30.1 Å². The van der Waals surface area contributed by atoms with E-state index in [4.69, 9.17) is 17.3 Å². The van der Waals surface area contributed by atoms with Crippen molar-refractivity contribution in [2.75, 3.05) is 17.6 Å². The third kappa shape index (κ3) is 5.26. The van der Waals surface area contributed by atoms with Crippen molar-refractivity contribution in [2.45, 2.75) is 37.1 Å². The molecule has 1 aromatic carbocycles. The summed E-state index contributed by atoms with van der Waals surface area (Å²) in [5, 5.41) is 3.58. The number of fused-ring (bicyclic) bond motifs is 1. The fourth-order valence-electron chi connectivity index (χ4n) is 3.58. The number of rotatable bonds is 5. The molecule has 2 atom stereocenters. The second kappa shape index (κ2) is 9.24. The summed E-state index contributed by atoms with van der Waals surface area (Å²) in [4.78, 5) is 12.7. The van der Waals surface area contributed by atoms with E-state index in [1.807, 2.05) is 0 Å². The number of alkyl halides is 3. The fraction of sp³-hybridized carbons (Fsp3) is 0.286. The largest absolute Gasteiger partial charge is 0.416 e. The van der Waals surface area contributed by atoms with Gasteiger partial charge in [-0.05, 0) is 54.4 Å². The first-order valence-electron chi connectivity index (χ1n) is 9.99. The zero-order chi connectivity index (χ0) is 23.8. The molecule has 3 aromatic rings. The van der Waals surface area contributed by atoms with E-state index in [2.05, 4.69) is 20.3 Å². The molecule has 1 aliphatic rings. The van der Waals surface area contributed by atoms with Gasteiger partial charge < -0.3 is 11.1 Å². The van der Waals surface area contributed by atoms with Crippen LogP contribution in [0.25, 0.3) is 0 Å². The molecule has 0 amide bonds. The average Bonchev–Trinajstić information content (AvgIpc) is 2.78. The molecule has 0 bridgehead atoms. The van der Waals surface area contributed by atoms with E-state index in [1.165, 1.54) is 6.07 Å². The number of benzene rings is 1. The molecular formula is C21H20ClF3N6OS. The Morgan fingerprint density at radius 2 is 2.03 bits per heavy atom. The zero-order valence-electron chi connectivity index (χ0n) is 17.4. The summed E-state index contributed by atoms with van der Waals surface area (Å²) in [6.45, 7) is 2.43. The van der Waals surface area contributed by atoms with Gasteiger partial charge in [-0.3, -0.25) is 0 Å². The third-order valence-electron chi connectivity index (χ3n) is 5.21. The predicted molar refractivity (Wildman–Crippen MR) is 120 cm³/mol. The van der Waals surface area contributed by atoms with Crippen LogP contribution in [0.1, 0.15) is 35.3 Å². The van der Waals surface area contributed by atoms with Crippen LogP contribution in [0.3, 0.4) is 0 Å². The highest BCUT2D eigenvalue weighted by molar-refractivity contribution is 7.82. The predicted octanol–water partition coefficient (Wildman–Crippen LogP) is 4.38. The second-order valence-electron chi connectivity index (χ2n) is 7.55. The van der Waals surface area contributed by atoms with Gasteiger partial charge in [0, 0.05) is 37.0 Å². The SMILES string of the molecule is C[C@@H](Nc1nc(Cl)nc2c1CN(S(=O)c1ccccn1)CC2)c1cc(N)cc(C(F)(F)F)c1. The maximum absolute atomic E-state index is 13.2. The minimum atomic E-state index is -4.52. The maximum Gasteiger partial charge on any atom is 0.416 e. The Labute approximate surface area is 195 Å². The van der Waals surface area contributed by atoms with E-state index in [-0.39, 0.29) is 17.5 Å². The van der Waals surface area contributed by atoms with Crippen molar-refractivity contribution >= 4 is 34.1 Å². The molecule has 0 fully saturated rings. The maximum atomic E-state index is 13.2. The standard InChI is InChI=1S/C21H20ClF3N6OS/c1-12(13-8-14(21(23,24)25)10-15(26)9-13)28-19-16-11-31(7-5-17(16)29-20(22)30-19)33(32)18-4-2-3-6-27-18/h2-4,6,8-10,12H,5,7,11,26H2,1H3,(H,28,29,30)/t12-,33?/m1/s1. The van der Waals surface area contributed by atoms with Gasteiger partial charge in [0.2, 0.25) is 5.28 Å². The highest BCUT2D eigenvalue weighted by Gasteiger charge is 2.32. The van der Waals surface area contributed by atoms with Crippen LogP contribution in [0, 0.1) is 0 Å². The van der Waals surface area contributed by atoms with Crippen LogP contribution in [0.2, 0.25) is 5.28 Å². The molecule has 33 heavy (non-hydrogen) atoms. The molecular weight excluding hydrogens is 477 g/mol. The topological polar surface area (TPSA) is 97.0 Å². The molecule has 174 valence electrons. The quantitative estimate of drug-likeness (QED) is 0.402. The van der Waals surface area contributed by atoms with Gasteiger partial charge in [-0.2, -0.15) is 13.2 Å². The number of nitrogens with two attached hydrogens (primary N) is 1. The Bertz CT molecular complexity index is 1190. The zero-order valence-corrected chi connectivity index (χ0v) is 19.0. The molecule has 3 heterocycles. The molecule has 2 aromatic heterocycles. The van der Waals surface area contributed by atoms with Gasteiger partial charge in [-0.15, -0.1) is 0 Å². The van der Waals surface area contributed by atoms with E-state index in [9.17, 15) is 17.4 Å². The van der Waals surface area contributed by atoms with Crippen molar-refractivity contribution < 1.29 is 17.4 Å². The highest BCUT2D eigenvalue weighted by atomic mass is 35.5.